The second-order valence-corrected chi connectivity index (χ2v) is 6.04. The van der Waals surface area contributed by atoms with Gasteiger partial charge in [0.25, 0.3) is 0 Å². The lowest BCUT2D eigenvalue weighted by Gasteiger charge is -2.19. The van der Waals surface area contributed by atoms with Crippen LogP contribution >= 0.6 is 0 Å². The van der Waals surface area contributed by atoms with E-state index in [0.29, 0.717) is 0 Å². The molecule has 0 bridgehead atoms. The van der Waals surface area contributed by atoms with Gasteiger partial charge in [0.1, 0.15) is 5.82 Å². The number of hydrogen-bond donors (Lipinski definition) is 1. The van der Waals surface area contributed by atoms with Gasteiger partial charge >= 0.3 is 0 Å². The molecule has 0 saturated carbocycles. The van der Waals surface area contributed by atoms with Crippen molar-refractivity contribution < 1.29 is 0 Å². The third-order valence-corrected chi connectivity index (χ3v) is 3.35. The Morgan fingerprint density at radius 1 is 1.05 bits per heavy atom. The zero-order valence-electron chi connectivity index (χ0n) is 12.8. The molecule has 1 heterocycles. The lowest BCUT2D eigenvalue weighted by Crippen LogP contribution is -2.12. The first kappa shape index (κ1) is 14.7. The van der Waals surface area contributed by atoms with E-state index in [2.05, 4.69) is 60.3 Å². The molecular formula is C17H23N3. The summed E-state index contributed by atoms with van der Waals surface area (Å²) < 4.78 is 0. The Morgan fingerprint density at radius 2 is 1.75 bits per heavy atom. The summed E-state index contributed by atoms with van der Waals surface area (Å²) in [6.07, 6.45) is 2.69. The minimum atomic E-state index is 0.183. The second-order valence-electron chi connectivity index (χ2n) is 6.04. The molecule has 0 aliphatic heterocycles. The van der Waals surface area contributed by atoms with Crippen LogP contribution in [0.2, 0.25) is 0 Å². The van der Waals surface area contributed by atoms with Gasteiger partial charge in [-0.2, -0.15) is 0 Å². The minimum absolute atomic E-state index is 0.183. The van der Waals surface area contributed by atoms with Crippen molar-refractivity contribution in [2.45, 2.75) is 32.6 Å². The summed E-state index contributed by atoms with van der Waals surface area (Å²) in [4.78, 5) is 8.93. The predicted molar refractivity (Wildman–Crippen MR) is 83.8 cm³/mol. The van der Waals surface area contributed by atoms with Gasteiger partial charge in [0.15, 0.2) is 0 Å². The summed E-state index contributed by atoms with van der Waals surface area (Å²) in [5.74, 6) is 0.886. The predicted octanol–water partition coefficient (Wildman–Crippen LogP) is 3.20. The van der Waals surface area contributed by atoms with Crippen molar-refractivity contribution in [3.05, 3.63) is 47.9 Å². The van der Waals surface area contributed by atoms with Crippen LogP contribution in [0, 0.1) is 0 Å². The van der Waals surface area contributed by atoms with Crippen molar-refractivity contribution in [2.24, 2.45) is 0 Å². The maximum Gasteiger partial charge on any atom is 0.130 e. The van der Waals surface area contributed by atoms with E-state index in [0.717, 1.165) is 30.0 Å². The highest BCUT2D eigenvalue weighted by molar-refractivity contribution is 5.59. The van der Waals surface area contributed by atoms with Crippen LogP contribution in [-0.4, -0.2) is 23.6 Å². The summed E-state index contributed by atoms with van der Waals surface area (Å²) in [5, 5.41) is 3.12. The van der Waals surface area contributed by atoms with Crippen LogP contribution in [0.25, 0.3) is 11.3 Å². The highest BCUT2D eigenvalue weighted by atomic mass is 14.9. The molecule has 0 unspecified atom stereocenters. The Morgan fingerprint density at radius 3 is 2.35 bits per heavy atom. The van der Waals surface area contributed by atoms with E-state index < -0.39 is 0 Å². The Balaban J connectivity index is 2.23. The third kappa shape index (κ3) is 3.64. The van der Waals surface area contributed by atoms with E-state index in [1.54, 1.807) is 0 Å². The van der Waals surface area contributed by atoms with Crippen molar-refractivity contribution in [1.82, 2.24) is 15.3 Å². The number of aromatic nitrogens is 2. The molecule has 0 aliphatic carbocycles. The van der Waals surface area contributed by atoms with Crippen LogP contribution in [-0.2, 0) is 11.8 Å². The molecule has 0 spiro atoms. The van der Waals surface area contributed by atoms with E-state index in [-0.39, 0.29) is 5.41 Å². The molecule has 0 atom stereocenters. The molecule has 3 nitrogen and oxygen atoms in total. The van der Waals surface area contributed by atoms with E-state index in [9.17, 15) is 0 Å². The van der Waals surface area contributed by atoms with Gasteiger partial charge in [-0.05, 0) is 24.1 Å². The Labute approximate surface area is 121 Å². The van der Waals surface area contributed by atoms with Gasteiger partial charge in [0.05, 0.1) is 5.69 Å². The summed E-state index contributed by atoms with van der Waals surface area (Å²) in [7, 11) is 1.94. The van der Waals surface area contributed by atoms with Crippen LogP contribution < -0.4 is 5.32 Å². The van der Waals surface area contributed by atoms with Crippen LogP contribution in [0.1, 0.15) is 32.2 Å². The van der Waals surface area contributed by atoms with E-state index >= 15 is 0 Å². The van der Waals surface area contributed by atoms with Gasteiger partial charge < -0.3 is 5.32 Å². The number of hydrogen-bond acceptors (Lipinski definition) is 3. The molecule has 1 N–H and O–H groups in total. The molecule has 106 valence electrons. The molecule has 0 aliphatic rings. The molecule has 0 saturated heterocycles. The maximum absolute atomic E-state index is 4.62. The molecule has 1 aromatic heterocycles. The van der Waals surface area contributed by atoms with Crippen molar-refractivity contribution in [3.63, 3.8) is 0 Å². The molecular weight excluding hydrogens is 246 g/mol. The number of nitrogens with one attached hydrogen (secondary N) is 1. The standard InChI is InChI=1S/C17H23N3/c1-17(2,3)14-7-5-13(6-8-14)15-9-12-19-16(20-15)10-11-18-4/h5-9,12,18H,10-11H2,1-4H3. The minimum Gasteiger partial charge on any atom is -0.319 e. The number of nitrogens with zero attached hydrogens (tertiary/aromatic N) is 2. The Hall–Kier alpha value is -1.74. The smallest absolute Gasteiger partial charge is 0.130 e. The van der Waals surface area contributed by atoms with E-state index in [1.165, 1.54) is 5.56 Å². The summed E-state index contributed by atoms with van der Waals surface area (Å²) in [6.45, 7) is 7.57. The highest BCUT2D eigenvalue weighted by Crippen LogP contribution is 2.25. The van der Waals surface area contributed by atoms with Crippen LogP contribution in [0.4, 0.5) is 0 Å². The van der Waals surface area contributed by atoms with Crippen LogP contribution in [0.15, 0.2) is 36.5 Å². The van der Waals surface area contributed by atoms with Gasteiger partial charge in [-0.25, -0.2) is 9.97 Å². The van der Waals surface area contributed by atoms with E-state index in [4.69, 9.17) is 0 Å². The Kier molecular flexibility index (Phi) is 4.50. The first-order chi connectivity index (χ1) is 9.50. The monoisotopic (exact) mass is 269 g/mol. The van der Waals surface area contributed by atoms with Gasteiger partial charge in [0.2, 0.25) is 0 Å². The molecule has 2 aromatic rings. The first-order valence-electron chi connectivity index (χ1n) is 7.08. The fraction of sp³-hybridized carbons (Fsp3) is 0.412. The quantitative estimate of drug-likeness (QED) is 0.926. The molecule has 0 radical (unpaired) electrons. The normalized spacial score (nSPS) is 11.6. The number of rotatable bonds is 4. The van der Waals surface area contributed by atoms with Gasteiger partial charge in [-0.1, -0.05) is 45.0 Å². The average molecular weight is 269 g/mol. The third-order valence-electron chi connectivity index (χ3n) is 3.35. The molecule has 1 aromatic carbocycles. The van der Waals surface area contributed by atoms with Crippen LogP contribution in [0.3, 0.4) is 0 Å². The number of likely N-dealkylation sites (N-methyl/N-ethyl adjacent to an activating group) is 1. The zero-order valence-corrected chi connectivity index (χ0v) is 12.8. The fourth-order valence-electron chi connectivity index (χ4n) is 2.06. The summed E-state index contributed by atoms with van der Waals surface area (Å²) in [6, 6.07) is 10.6. The van der Waals surface area contributed by atoms with Gasteiger partial charge in [0, 0.05) is 24.7 Å². The first-order valence-corrected chi connectivity index (χ1v) is 7.08. The summed E-state index contributed by atoms with van der Waals surface area (Å²) in [5.41, 5.74) is 3.66. The fourth-order valence-corrected chi connectivity index (χ4v) is 2.06. The number of benzene rings is 1. The van der Waals surface area contributed by atoms with Gasteiger partial charge in [-0.15, -0.1) is 0 Å². The Bertz CT molecular complexity index is 553. The molecule has 3 heteroatoms. The summed E-state index contributed by atoms with van der Waals surface area (Å²) >= 11 is 0. The molecule has 20 heavy (non-hydrogen) atoms. The zero-order chi connectivity index (χ0) is 14.6. The topological polar surface area (TPSA) is 37.8 Å². The maximum atomic E-state index is 4.62. The van der Waals surface area contributed by atoms with Crippen molar-refractivity contribution >= 4 is 0 Å². The lowest BCUT2D eigenvalue weighted by atomic mass is 9.86. The highest BCUT2D eigenvalue weighted by Gasteiger charge is 2.13. The SMILES string of the molecule is CNCCc1nccc(-c2ccc(C(C)(C)C)cc2)n1. The van der Waals surface area contributed by atoms with Crippen molar-refractivity contribution in [1.29, 1.82) is 0 Å². The average Bonchev–Trinajstić information content (AvgIpc) is 2.45. The van der Waals surface area contributed by atoms with Crippen molar-refractivity contribution in [3.8, 4) is 11.3 Å². The largest absolute Gasteiger partial charge is 0.319 e. The van der Waals surface area contributed by atoms with Crippen LogP contribution in [0.5, 0.6) is 0 Å². The molecule has 0 fully saturated rings. The van der Waals surface area contributed by atoms with Gasteiger partial charge in [-0.3, -0.25) is 0 Å². The lowest BCUT2D eigenvalue weighted by molar-refractivity contribution is 0.590. The second kappa shape index (κ2) is 6.14. The molecule has 0 amide bonds. The van der Waals surface area contributed by atoms with Crippen molar-refractivity contribution in [2.75, 3.05) is 13.6 Å². The molecule has 2 rings (SSSR count). The van der Waals surface area contributed by atoms with E-state index in [1.807, 2.05) is 19.3 Å².